The molecule has 1 fully saturated rings. The molecule has 3 aromatic rings. The number of hydrogen-bond acceptors (Lipinski definition) is 2. The van der Waals surface area contributed by atoms with Crippen molar-refractivity contribution >= 4 is 16.8 Å². The van der Waals surface area contributed by atoms with Crippen molar-refractivity contribution in [1.82, 2.24) is 14.8 Å². The number of H-pyrrole nitrogens is 1. The molecular weight excluding hydrogens is 466 g/mol. The molecule has 0 radical (unpaired) electrons. The quantitative estimate of drug-likeness (QED) is 0.353. The summed E-state index contributed by atoms with van der Waals surface area (Å²) in [5, 5.41) is 1.40. The minimum absolute atomic E-state index is 0.197. The summed E-state index contributed by atoms with van der Waals surface area (Å²) in [5.74, 6) is 1.38. The minimum Gasteiger partial charge on any atom is -0.358 e. The van der Waals surface area contributed by atoms with Gasteiger partial charge in [0, 0.05) is 36.1 Å². The van der Waals surface area contributed by atoms with Gasteiger partial charge in [0.15, 0.2) is 0 Å². The second kappa shape index (κ2) is 11.3. The number of aryl methyl sites for hydroxylation is 1. The number of benzene rings is 2. The molecule has 1 N–H and O–H groups in total. The van der Waals surface area contributed by atoms with E-state index in [1.807, 2.05) is 0 Å². The van der Waals surface area contributed by atoms with Crippen LogP contribution < -0.4 is 0 Å². The maximum Gasteiger partial charge on any atom is 0.223 e. The van der Waals surface area contributed by atoms with E-state index >= 15 is 0 Å². The number of nitrogens with one attached hydrogen (secondary N) is 1. The topological polar surface area (TPSA) is 39.3 Å². The number of carbonyl (C=O) groups excluding carboxylic acids is 1. The van der Waals surface area contributed by atoms with E-state index < -0.39 is 0 Å². The summed E-state index contributed by atoms with van der Waals surface area (Å²) in [6.07, 6.45) is 6.15. The Morgan fingerprint density at radius 3 is 2.50 bits per heavy atom. The molecule has 2 aliphatic heterocycles. The van der Waals surface area contributed by atoms with Crippen molar-refractivity contribution in [2.24, 2.45) is 11.3 Å². The average Bonchev–Trinajstić information content (AvgIpc) is 3.22. The maximum absolute atomic E-state index is 13.6. The minimum atomic E-state index is 0.197. The fourth-order valence-corrected chi connectivity index (χ4v) is 7.37. The highest BCUT2D eigenvalue weighted by Gasteiger charge is 2.32. The van der Waals surface area contributed by atoms with Gasteiger partial charge < -0.3 is 14.8 Å². The second-order valence-corrected chi connectivity index (χ2v) is 13.2. The Labute approximate surface area is 229 Å². The van der Waals surface area contributed by atoms with Crippen LogP contribution in [0.25, 0.3) is 10.9 Å². The Bertz CT molecular complexity index is 1240. The number of piperidine rings is 1. The van der Waals surface area contributed by atoms with Gasteiger partial charge in [-0.25, -0.2) is 0 Å². The lowest BCUT2D eigenvalue weighted by atomic mass is 9.83. The van der Waals surface area contributed by atoms with Crippen molar-refractivity contribution in [3.63, 3.8) is 0 Å². The first-order chi connectivity index (χ1) is 18.2. The molecule has 2 atom stereocenters. The van der Waals surface area contributed by atoms with Crippen LogP contribution in [0, 0.1) is 18.3 Å². The number of nitrogens with zero attached hydrogens (tertiary/aromatic N) is 2. The van der Waals surface area contributed by atoms with Gasteiger partial charge in [0.25, 0.3) is 0 Å². The van der Waals surface area contributed by atoms with Crippen LogP contribution in [0.4, 0.5) is 0 Å². The van der Waals surface area contributed by atoms with Crippen LogP contribution >= 0.6 is 0 Å². The Balaban J connectivity index is 1.23. The first-order valence-corrected chi connectivity index (χ1v) is 14.9. The maximum atomic E-state index is 13.6. The van der Waals surface area contributed by atoms with Gasteiger partial charge in [0.05, 0.1) is 6.04 Å². The predicted octanol–water partition coefficient (Wildman–Crippen LogP) is 7.63. The van der Waals surface area contributed by atoms with Crippen LogP contribution in [0.2, 0.25) is 0 Å². The summed E-state index contributed by atoms with van der Waals surface area (Å²) >= 11 is 0. The second-order valence-electron chi connectivity index (χ2n) is 13.2. The van der Waals surface area contributed by atoms with Crippen LogP contribution in [-0.4, -0.2) is 46.9 Å². The zero-order valence-corrected chi connectivity index (χ0v) is 24.2. The molecule has 5 rings (SSSR count). The normalized spacial score (nSPS) is 20.0. The summed E-state index contributed by atoms with van der Waals surface area (Å²) in [6, 6.07) is 17.8. The summed E-state index contributed by atoms with van der Waals surface area (Å²) in [6.45, 7) is 15.5. The lowest BCUT2D eigenvalue weighted by molar-refractivity contribution is -0.135. The van der Waals surface area contributed by atoms with Gasteiger partial charge in [-0.3, -0.25) is 4.79 Å². The van der Waals surface area contributed by atoms with E-state index in [1.54, 1.807) is 0 Å². The number of hydrogen-bond donors (Lipinski definition) is 1. The van der Waals surface area contributed by atoms with Crippen LogP contribution in [0.15, 0.2) is 48.5 Å². The highest BCUT2D eigenvalue weighted by atomic mass is 16.2. The number of carbonyl (C=O) groups is 1. The molecule has 204 valence electrons. The van der Waals surface area contributed by atoms with E-state index in [2.05, 4.69) is 97.9 Å². The highest BCUT2D eigenvalue weighted by Crippen LogP contribution is 2.37. The Morgan fingerprint density at radius 1 is 1.03 bits per heavy atom. The molecule has 3 heterocycles. The number of rotatable bonds is 7. The van der Waals surface area contributed by atoms with Crippen molar-refractivity contribution in [1.29, 1.82) is 0 Å². The number of likely N-dealkylation sites (tertiary alicyclic amines) is 1. The van der Waals surface area contributed by atoms with Gasteiger partial charge in [-0.15, -0.1) is 0 Å². The molecule has 2 aromatic carbocycles. The van der Waals surface area contributed by atoms with E-state index in [0.29, 0.717) is 24.2 Å². The largest absolute Gasteiger partial charge is 0.358 e. The van der Waals surface area contributed by atoms with Crippen molar-refractivity contribution in [2.45, 2.75) is 85.1 Å². The molecule has 38 heavy (non-hydrogen) atoms. The molecule has 0 saturated carbocycles. The Morgan fingerprint density at radius 2 is 1.74 bits per heavy atom. The number of para-hydroxylation sites is 1. The van der Waals surface area contributed by atoms with Crippen LogP contribution in [-0.2, 0) is 11.2 Å². The van der Waals surface area contributed by atoms with Gasteiger partial charge >= 0.3 is 0 Å². The first-order valence-electron chi connectivity index (χ1n) is 14.9. The molecule has 0 bridgehead atoms. The predicted molar refractivity (Wildman–Crippen MR) is 159 cm³/mol. The number of fused-ring (bicyclic) bond motifs is 2. The summed E-state index contributed by atoms with van der Waals surface area (Å²) in [4.78, 5) is 22.1. The molecule has 1 aromatic heterocycles. The van der Waals surface area contributed by atoms with E-state index in [-0.39, 0.29) is 11.5 Å². The zero-order valence-electron chi connectivity index (χ0n) is 24.2. The average molecular weight is 514 g/mol. The zero-order chi connectivity index (χ0) is 26.9. The third-order valence-corrected chi connectivity index (χ3v) is 8.87. The van der Waals surface area contributed by atoms with Crippen LogP contribution in [0.3, 0.4) is 0 Å². The molecule has 1 amide bonds. The first kappa shape index (κ1) is 27.0. The van der Waals surface area contributed by atoms with E-state index in [0.717, 1.165) is 45.4 Å². The molecule has 2 aliphatic rings. The SMILES string of the molecule is Cc1[nH]c2ccccc2c1C1CCN(CCC2c3ccccc3CCN2C(=O)CC(C)CC(C)(C)C)CC1. The van der Waals surface area contributed by atoms with Crippen LogP contribution in [0.5, 0.6) is 0 Å². The fourth-order valence-electron chi connectivity index (χ4n) is 7.37. The third kappa shape index (κ3) is 6.01. The summed E-state index contributed by atoms with van der Waals surface area (Å²) in [5.41, 5.74) is 7.18. The molecule has 4 heteroatoms. The molecule has 4 nitrogen and oxygen atoms in total. The highest BCUT2D eigenvalue weighted by molar-refractivity contribution is 5.85. The molecular formula is C34H47N3O. The van der Waals surface area contributed by atoms with Crippen molar-refractivity contribution in [3.05, 3.63) is 70.9 Å². The number of aromatic nitrogens is 1. The lowest BCUT2D eigenvalue weighted by Crippen LogP contribution is -2.43. The number of aromatic amines is 1. The summed E-state index contributed by atoms with van der Waals surface area (Å²) in [7, 11) is 0. The molecule has 2 unspecified atom stereocenters. The van der Waals surface area contributed by atoms with Gasteiger partial charge in [0.2, 0.25) is 5.91 Å². The van der Waals surface area contributed by atoms with Gasteiger partial charge in [0.1, 0.15) is 0 Å². The molecule has 0 aliphatic carbocycles. The van der Waals surface area contributed by atoms with Gasteiger partial charge in [-0.1, -0.05) is 70.2 Å². The smallest absolute Gasteiger partial charge is 0.223 e. The fraction of sp³-hybridized carbons (Fsp3) is 0.559. The van der Waals surface area contributed by atoms with Crippen LogP contribution in [0.1, 0.15) is 94.1 Å². The van der Waals surface area contributed by atoms with Gasteiger partial charge in [-0.05, 0) is 92.1 Å². The number of amides is 1. The van der Waals surface area contributed by atoms with E-state index in [4.69, 9.17) is 0 Å². The molecule has 1 saturated heterocycles. The van der Waals surface area contributed by atoms with Gasteiger partial charge in [-0.2, -0.15) is 0 Å². The third-order valence-electron chi connectivity index (χ3n) is 8.87. The molecule has 0 spiro atoms. The standard InChI is InChI=1S/C34H47N3O/c1-24(23-34(3,4)5)22-32(38)37-21-16-26-10-6-7-11-28(26)31(37)17-20-36-18-14-27(15-19-36)33-25(2)35-30-13-9-8-12-29(30)33/h6-13,24,27,31,35H,14-23H2,1-5H3. The lowest BCUT2D eigenvalue weighted by Gasteiger charge is -2.40. The Kier molecular flexibility index (Phi) is 8.00. The van der Waals surface area contributed by atoms with E-state index in [1.165, 1.54) is 46.1 Å². The van der Waals surface area contributed by atoms with Crippen molar-refractivity contribution in [3.8, 4) is 0 Å². The van der Waals surface area contributed by atoms with Crippen molar-refractivity contribution in [2.75, 3.05) is 26.2 Å². The summed E-state index contributed by atoms with van der Waals surface area (Å²) < 4.78 is 0. The Hall–Kier alpha value is -2.59. The van der Waals surface area contributed by atoms with Crippen molar-refractivity contribution < 1.29 is 4.79 Å². The van der Waals surface area contributed by atoms with E-state index in [9.17, 15) is 4.79 Å². The monoisotopic (exact) mass is 513 g/mol.